The Bertz CT molecular complexity index is 856. The number of carbonyl (C=O) groups is 1. The highest BCUT2D eigenvalue weighted by atomic mass is 32.2. The van der Waals surface area contributed by atoms with Crippen molar-refractivity contribution in [3.05, 3.63) is 42.0 Å². The number of amides is 1. The van der Waals surface area contributed by atoms with E-state index in [1.54, 1.807) is 17.9 Å². The second-order valence-electron chi connectivity index (χ2n) is 6.19. The molecule has 1 aromatic carbocycles. The molecule has 0 bridgehead atoms. The molecule has 3 N–H and O–H groups in total. The van der Waals surface area contributed by atoms with Gasteiger partial charge in [-0.25, -0.2) is 13.1 Å². The number of nitrogens with one attached hydrogen (secondary N) is 3. The van der Waals surface area contributed by atoms with Crippen LogP contribution in [0, 0.1) is 0 Å². The van der Waals surface area contributed by atoms with Gasteiger partial charge in [-0.3, -0.25) is 4.79 Å². The zero-order valence-electron chi connectivity index (χ0n) is 14.5. The molecule has 1 aromatic heterocycles. The van der Waals surface area contributed by atoms with Crippen molar-refractivity contribution >= 4 is 15.9 Å². The van der Waals surface area contributed by atoms with Crippen molar-refractivity contribution in [1.82, 2.24) is 30.1 Å². The van der Waals surface area contributed by atoms with Gasteiger partial charge in [0.25, 0.3) is 5.91 Å². The fourth-order valence-electron chi connectivity index (χ4n) is 2.75. The zero-order valence-corrected chi connectivity index (χ0v) is 15.3. The van der Waals surface area contributed by atoms with E-state index in [0.717, 1.165) is 19.5 Å². The summed E-state index contributed by atoms with van der Waals surface area (Å²) in [5, 5.41) is 13.8. The highest BCUT2D eigenvalue weighted by Crippen LogP contribution is 2.11. The van der Waals surface area contributed by atoms with Crippen molar-refractivity contribution in [2.45, 2.75) is 23.8 Å². The highest BCUT2D eigenvalue weighted by Gasteiger charge is 2.19. The summed E-state index contributed by atoms with van der Waals surface area (Å²) in [7, 11) is -1.84. The van der Waals surface area contributed by atoms with Crippen LogP contribution in [-0.4, -0.2) is 54.8 Å². The van der Waals surface area contributed by atoms with E-state index in [1.807, 2.05) is 0 Å². The van der Waals surface area contributed by atoms with Crippen LogP contribution in [0.3, 0.4) is 0 Å². The Morgan fingerprint density at radius 3 is 2.73 bits per heavy atom. The SMILES string of the molecule is Cn1cnnc1CCNS(=O)(=O)c1ccc(C(=O)N[C@@H]2CCNC2)cc1. The molecule has 140 valence electrons. The molecule has 0 radical (unpaired) electrons. The minimum atomic E-state index is -3.64. The molecule has 2 aromatic rings. The van der Waals surface area contributed by atoms with E-state index in [4.69, 9.17) is 0 Å². The van der Waals surface area contributed by atoms with Crippen LogP contribution in [0.5, 0.6) is 0 Å². The number of aryl methyl sites for hydroxylation is 1. The van der Waals surface area contributed by atoms with Gasteiger partial charge in [-0.1, -0.05) is 0 Å². The summed E-state index contributed by atoms with van der Waals surface area (Å²) < 4.78 is 29.0. The number of rotatable bonds is 7. The van der Waals surface area contributed by atoms with Crippen LogP contribution < -0.4 is 15.4 Å². The minimum absolute atomic E-state index is 0.119. The van der Waals surface area contributed by atoms with Crippen molar-refractivity contribution in [3.63, 3.8) is 0 Å². The van der Waals surface area contributed by atoms with Gasteiger partial charge in [0.2, 0.25) is 10.0 Å². The molecule has 1 aliphatic heterocycles. The van der Waals surface area contributed by atoms with E-state index in [2.05, 4.69) is 25.6 Å². The van der Waals surface area contributed by atoms with Crippen molar-refractivity contribution in [2.75, 3.05) is 19.6 Å². The predicted molar refractivity (Wildman–Crippen MR) is 95.1 cm³/mol. The maximum absolute atomic E-state index is 12.3. The molecule has 0 unspecified atom stereocenters. The number of aromatic nitrogens is 3. The number of sulfonamides is 1. The highest BCUT2D eigenvalue weighted by molar-refractivity contribution is 7.89. The van der Waals surface area contributed by atoms with Crippen molar-refractivity contribution in [2.24, 2.45) is 7.05 Å². The maximum atomic E-state index is 12.3. The van der Waals surface area contributed by atoms with Crippen LogP contribution in [0.15, 0.2) is 35.5 Å². The lowest BCUT2D eigenvalue weighted by Gasteiger charge is -2.12. The Morgan fingerprint density at radius 1 is 1.35 bits per heavy atom. The molecule has 3 rings (SSSR count). The number of carbonyl (C=O) groups excluding carboxylic acids is 1. The summed E-state index contributed by atoms with van der Waals surface area (Å²) in [6.45, 7) is 1.86. The third kappa shape index (κ3) is 4.45. The standard InChI is InChI=1S/C16H22N6O3S/c1-22-11-18-21-15(22)7-9-19-26(24,25)14-4-2-12(3-5-14)16(23)20-13-6-8-17-10-13/h2-5,11,13,17,19H,6-10H2,1H3,(H,20,23)/t13-/m1/s1. The first kappa shape index (κ1) is 18.5. The molecule has 0 aliphatic carbocycles. The number of benzene rings is 1. The second-order valence-corrected chi connectivity index (χ2v) is 7.96. The molecule has 0 saturated carbocycles. The lowest BCUT2D eigenvalue weighted by atomic mass is 10.2. The Kier molecular flexibility index (Phi) is 5.64. The van der Waals surface area contributed by atoms with E-state index in [-0.39, 0.29) is 23.4 Å². The second kappa shape index (κ2) is 7.94. The largest absolute Gasteiger partial charge is 0.348 e. The number of nitrogens with zero attached hydrogens (tertiary/aromatic N) is 3. The Balaban J connectivity index is 1.57. The van der Waals surface area contributed by atoms with Gasteiger partial charge in [-0.2, -0.15) is 0 Å². The summed E-state index contributed by atoms with van der Waals surface area (Å²) >= 11 is 0. The smallest absolute Gasteiger partial charge is 0.251 e. The monoisotopic (exact) mass is 378 g/mol. The summed E-state index contributed by atoms with van der Waals surface area (Å²) in [5.41, 5.74) is 0.440. The van der Waals surface area contributed by atoms with E-state index < -0.39 is 10.0 Å². The van der Waals surface area contributed by atoms with E-state index in [0.29, 0.717) is 17.8 Å². The fraction of sp³-hybridized carbons (Fsp3) is 0.438. The Labute approximate surface area is 152 Å². The normalized spacial score (nSPS) is 17.3. The molecule has 0 spiro atoms. The topological polar surface area (TPSA) is 118 Å². The van der Waals surface area contributed by atoms with Gasteiger partial charge in [0, 0.05) is 38.2 Å². The molecule has 1 fully saturated rings. The van der Waals surface area contributed by atoms with E-state index >= 15 is 0 Å². The predicted octanol–water partition coefficient (Wildman–Crippen LogP) is -0.572. The van der Waals surface area contributed by atoms with Crippen LogP contribution in [0.2, 0.25) is 0 Å². The van der Waals surface area contributed by atoms with Crippen LogP contribution in [0.1, 0.15) is 22.6 Å². The van der Waals surface area contributed by atoms with Gasteiger partial charge >= 0.3 is 0 Å². The number of hydrogen-bond donors (Lipinski definition) is 3. The van der Waals surface area contributed by atoms with Gasteiger partial charge in [-0.05, 0) is 37.2 Å². The minimum Gasteiger partial charge on any atom is -0.348 e. The van der Waals surface area contributed by atoms with Crippen LogP contribution in [0.25, 0.3) is 0 Å². The maximum Gasteiger partial charge on any atom is 0.251 e. The lowest BCUT2D eigenvalue weighted by Crippen LogP contribution is -2.36. The van der Waals surface area contributed by atoms with Crippen LogP contribution >= 0.6 is 0 Å². The Morgan fingerprint density at radius 2 is 2.12 bits per heavy atom. The summed E-state index contributed by atoms with van der Waals surface area (Å²) in [6, 6.07) is 6.04. The van der Waals surface area contributed by atoms with Gasteiger partial charge in [0.05, 0.1) is 4.90 Å². The van der Waals surface area contributed by atoms with Crippen molar-refractivity contribution < 1.29 is 13.2 Å². The zero-order chi connectivity index (χ0) is 18.6. The average Bonchev–Trinajstić information content (AvgIpc) is 3.27. The molecule has 9 nitrogen and oxygen atoms in total. The molecule has 10 heteroatoms. The summed E-state index contributed by atoms with van der Waals surface area (Å²) in [4.78, 5) is 12.3. The number of hydrogen-bond acceptors (Lipinski definition) is 6. The summed E-state index contributed by atoms with van der Waals surface area (Å²) in [6.07, 6.45) is 2.90. The lowest BCUT2D eigenvalue weighted by molar-refractivity contribution is 0.0940. The molecule has 1 aliphatic rings. The van der Waals surface area contributed by atoms with Crippen LogP contribution in [-0.2, 0) is 23.5 Å². The van der Waals surface area contributed by atoms with Gasteiger partial charge in [0.1, 0.15) is 12.2 Å². The van der Waals surface area contributed by atoms with E-state index in [1.165, 1.54) is 24.3 Å². The summed E-state index contributed by atoms with van der Waals surface area (Å²) in [5.74, 6) is 0.499. The first-order valence-electron chi connectivity index (χ1n) is 8.40. The van der Waals surface area contributed by atoms with Crippen LogP contribution in [0.4, 0.5) is 0 Å². The first-order valence-corrected chi connectivity index (χ1v) is 9.88. The van der Waals surface area contributed by atoms with Gasteiger partial charge in [-0.15, -0.1) is 10.2 Å². The average molecular weight is 378 g/mol. The molecule has 1 atom stereocenters. The quantitative estimate of drug-likeness (QED) is 0.594. The molecular weight excluding hydrogens is 356 g/mol. The molecule has 1 saturated heterocycles. The fourth-order valence-corrected chi connectivity index (χ4v) is 3.78. The van der Waals surface area contributed by atoms with E-state index in [9.17, 15) is 13.2 Å². The van der Waals surface area contributed by atoms with Gasteiger partial charge < -0.3 is 15.2 Å². The molecule has 1 amide bonds. The molecule has 26 heavy (non-hydrogen) atoms. The molecule has 2 heterocycles. The van der Waals surface area contributed by atoms with Gasteiger partial charge in [0.15, 0.2) is 0 Å². The Hall–Kier alpha value is -2.30. The third-order valence-electron chi connectivity index (χ3n) is 4.27. The van der Waals surface area contributed by atoms with Crippen molar-refractivity contribution in [1.29, 1.82) is 0 Å². The first-order chi connectivity index (χ1) is 12.5. The third-order valence-corrected chi connectivity index (χ3v) is 5.75. The van der Waals surface area contributed by atoms with Crippen molar-refractivity contribution in [3.8, 4) is 0 Å². The molecular formula is C16H22N6O3S.